The third-order valence-electron chi connectivity index (χ3n) is 7.25. The molecule has 1 fully saturated rings. The number of rotatable bonds is 6. The van der Waals surface area contributed by atoms with E-state index < -0.39 is 0 Å². The van der Waals surface area contributed by atoms with E-state index in [2.05, 4.69) is 33.8 Å². The van der Waals surface area contributed by atoms with Crippen LogP contribution in [0.3, 0.4) is 0 Å². The summed E-state index contributed by atoms with van der Waals surface area (Å²) in [5.41, 5.74) is 2.92. The van der Waals surface area contributed by atoms with E-state index in [1.807, 2.05) is 13.0 Å². The molecule has 0 saturated heterocycles. The van der Waals surface area contributed by atoms with Crippen LogP contribution < -0.4 is 0 Å². The Morgan fingerprint density at radius 3 is 2.46 bits per heavy atom. The highest BCUT2D eigenvalue weighted by Crippen LogP contribution is 2.60. The van der Waals surface area contributed by atoms with Crippen molar-refractivity contribution in [3.63, 3.8) is 0 Å². The third kappa shape index (κ3) is 5.07. The third-order valence-corrected chi connectivity index (χ3v) is 7.25. The van der Waals surface area contributed by atoms with Gasteiger partial charge in [0.15, 0.2) is 0 Å². The van der Waals surface area contributed by atoms with Crippen molar-refractivity contribution in [2.24, 2.45) is 22.7 Å². The van der Waals surface area contributed by atoms with Crippen molar-refractivity contribution in [3.8, 4) is 0 Å². The van der Waals surface area contributed by atoms with Gasteiger partial charge in [0.25, 0.3) is 0 Å². The molecule has 0 heterocycles. The lowest BCUT2D eigenvalue weighted by Gasteiger charge is -2.57. The van der Waals surface area contributed by atoms with Crippen LogP contribution in [0.15, 0.2) is 23.3 Å². The van der Waals surface area contributed by atoms with Crippen molar-refractivity contribution in [2.75, 3.05) is 6.61 Å². The SMILES string of the molecule is CC(=O)OCC=C(C)C(CC1C(C)=CCC2C(C)(C)CCCC12C)OC(C)=O. The summed E-state index contributed by atoms with van der Waals surface area (Å²) in [4.78, 5) is 22.8. The molecule has 4 unspecified atom stereocenters. The standard InChI is InChI=1S/C24H38O4/c1-16-9-10-22-23(5,6)12-8-13-24(22,7)20(16)15-21(28-19(4)26)17(2)11-14-27-18(3)25/h9,11,20-22H,8,10,12-15H2,1-7H3. The zero-order valence-electron chi connectivity index (χ0n) is 18.8. The van der Waals surface area contributed by atoms with Gasteiger partial charge in [-0.25, -0.2) is 0 Å². The minimum Gasteiger partial charge on any atom is -0.462 e. The first-order chi connectivity index (χ1) is 13.0. The van der Waals surface area contributed by atoms with Gasteiger partial charge in [0.05, 0.1) is 0 Å². The molecule has 0 aromatic carbocycles. The van der Waals surface area contributed by atoms with Crippen molar-refractivity contribution < 1.29 is 19.1 Å². The van der Waals surface area contributed by atoms with Crippen LogP contribution in [0.1, 0.15) is 80.6 Å². The highest BCUT2D eigenvalue weighted by molar-refractivity contribution is 5.66. The summed E-state index contributed by atoms with van der Waals surface area (Å²) in [6, 6.07) is 0. The Morgan fingerprint density at radius 2 is 1.86 bits per heavy atom. The maximum Gasteiger partial charge on any atom is 0.303 e. The molecule has 2 aliphatic rings. The van der Waals surface area contributed by atoms with Crippen LogP contribution >= 0.6 is 0 Å². The molecule has 0 N–H and O–H groups in total. The summed E-state index contributed by atoms with van der Waals surface area (Å²) in [5, 5.41) is 0. The van der Waals surface area contributed by atoms with E-state index in [-0.39, 0.29) is 30.1 Å². The van der Waals surface area contributed by atoms with Crippen LogP contribution in [-0.2, 0) is 19.1 Å². The first-order valence-electron chi connectivity index (χ1n) is 10.6. The fourth-order valence-electron chi connectivity index (χ4n) is 5.76. The predicted octanol–water partition coefficient (Wildman–Crippen LogP) is 5.62. The Balaban J connectivity index is 2.28. The van der Waals surface area contributed by atoms with E-state index in [4.69, 9.17) is 9.47 Å². The first-order valence-corrected chi connectivity index (χ1v) is 10.6. The van der Waals surface area contributed by atoms with E-state index in [1.54, 1.807) is 0 Å². The van der Waals surface area contributed by atoms with Crippen LogP contribution in [0, 0.1) is 22.7 Å². The van der Waals surface area contributed by atoms with E-state index >= 15 is 0 Å². The quantitative estimate of drug-likeness (QED) is 0.436. The van der Waals surface area contributed by atoms with Crippen molar-refractivity contribution in [2.45, 2.75) is 86.7 Å². The van der Waals surface area contributed by atoms with E-state index in [0.29, 0.717) is 17.3 Å². The lowest BCUT2D eigenvalue weighted by molar-refractivity contribution is -0.146. The van der Waals surface area contributed by atoms with Crippen LogP contribution in [0.5, 0.6) is 0 Å². The Hall–Kier alpha value is -1.58. The Kier molecular flexibility index (Phi) is 7.17. The van der Waals surface area contributed by atoms with Gasteiger partial charge in [0.1, 0.15) is 12.7 Å². The molecule has 0 aromatic rings. The van der Waals surface area contributed by atoms with Gasteiger partial charge < -0.3 is 9.47 Å². The molecule has 2 aliphatic carbocycles. The van der Waals surface area contributed by atoms with Gasteiger partial charge >= 0.3 is 11.9 Å². The largest absolute Gasteiger partial charge is 0.462 e. The summed E-state index contributed by atoms with van der Waals surface area (Å²) in [6.45, 7) is 14.5. The molecule has 0 aromatic heterocycles. The number of hydrogen-bond donors (Lipinski definition) is 0. The number of allylic oxidation sites excluding steroid dienone is 2. The average Bonchev–Trinajstić information content (AvgIpc) is 2.55. The summed E-state index contributed by atoms with van der Waals surface area (Å²) >= 11 is 0. The number of ether oxygens (including phenoxy) is 2. The highest BCUT2D eigenvalue weighted by atomic mass is 16.5. The molecule has 0 aliphatic heterocycles. The minimum absolute atomic E-state index is 0.214. The molecule has 1 saturated carbocycles. The summed E-state index contributed by atoms with van der Waals surface area (Å²) in [5.74, 6) is 0.449. The van der Waals surface area contributed by atoms with Gasteiger partial charge in [-0.05, 0) is 73.8 Å². The van der Waals surface area contributed by atoms with Crippen LogP contribution in [0.2, 0.25) is 0 Å². The summed E-state index contributed by atoms with van der Waals surface area (Å²) in [7, 11) is 0. The molecule has 28 heavy (non-hydrogen) atoms. The van der Waals surface area contributed by atoms with Crippen molar-refractivity contribution >= 4 is 11.9 Å². The minimum atomic E-state index is -0.307. The van der Waals surface area contributed by atoms with Crippen LogP contribution in [-0.4, -0.2) is 24.6 Å². The van der Waals surface area contributed by atoms with Crippen LogP contribution in [0.25, 0.3) is 0 Å². The maximum atomic E-state index is 11.8. The van der Waals surface area contributed by atoms with Gasteiger partial charge in [-0.2, -0.15) is 0 Å². The zero-order chi connectivity index (χ0) is 21.1. The Labute approximate surface area is 170 Å². The molecule has 0 amide bonds. The van der Waals surface area contributed by atoms with Crippen molar-refractivity contribution in [1.82, 2.24) is 0 Å². The molecule has 0 bridgehead atoms. The number of carbonyl (C=O) groups is 2. The topological polar surface area (TPSA) is 52.6 Å². The number of hydrogen-bond acceptors (Lipinski definition) is 4. The van der Waals surface area contributed by atoms with Gasteiger partial charge in [0.2, 0.25) is 0 Å². The van der Waals surface area contributed by atoms with Gasteiger partial charge in [-0.3, -0.25) is 9.59 Å². The number of fused-ring (bicyclic) bond motifs is 1. The monoisotopic (exact) mass is 390 g/mol. The second kappa shape index (κ2) is 8.84. The normalized spacial score (nSPS) is 30.7. The van der Waals surface area contributed by atoms with E-state index in [0.717, 1.165) is 18.4 Å². The maximum absolute atomic E-state index is 11.8. The zero-order valence-corrected chi connectivity index (χ0v) is 18.8. The van der Waals surface area contributed by atoms with Crippen molar-refractivity contribution in [1.29, 1.82) is 0 Å². The van der Waals surface area contributed by atoms with Crippen LogP contribution in [0.4, 0.5) is 0 Å². The molecular weight excluding hydrogens is 352 g/mol. The lowest BCUT2D eigenvalue weighted by atomic mass is 9.48. The second-order valence-corrected chi connectivity index (χ2v) is 9.72. The summed E-state index contributed by atoms with van der Waals surface area (Å²) < 4.78 is 10.8. The van der Waals surface area contributed by atoms with E-state index in [9.17, 15) is 9.59 Å². The molecule has 4 nitrogen and oxygen atoms in total. The molecule has 4 atom stereocenters. The molecule has 0 radical (unpaired) electrons. The Morgan fingerprint density at radius 1 is 1.18 bits per heavy atom. The molecular formula is C24H38O4. The fraction of sp³-hybridized carbons (Fsp3) is 0.750. The molecule has 2 rings (SSSR count). The fourth-order valence-corrected chi connectivity index (χ4v) is 5.76. The van der Waals surface area contributed by atoms with Crippen molar-refractivity contribution in [3.05, 3.63) is 23.3 Å². The van der Waals surface area contributed by atoms with Gasteiger partial charge in [-0.15, -0.1) is 0 Å². The van der Waals surface area contributed by atoms with E-state index in [1.165, 1.54) is 38.7 Å². The highest BCUT2D eigenvalue weighted by Gasteiger charge is 2.52. The smallest absolute Gasteiger partial charge is 0.303 e. The van der Waals surface area contributed by atoms with Gasteiger partial charge in [-0.1, -0.05) is 38.8 Å². The molecule has 4 heteroatoms. The van der Waals surface area contributed by atoms with Gasteiger partial charge in [0, 0.05) is 13.8 Å². The average molecular weight is 391 g/mol. The number of esters is 2. The second-order valence-electron chi connectivity index (χ2n) is 9.72. The first kappa shape index (κ1) is 22.7. The lowest BCUT2D eigenvalue weighted by Crippen LogP contribution is -2.49. The number of carbonyl (C=O) groups excluding carboxylic acids is 2. The molecule has 158 valence electrons. The predicted molar refractivity (Wildman–Crippen MR) is 112 cm³/mol. The summed E-state index contributed by atoms with van der Waals surface area (Å²) in [6.07, 6.45) is 9.67. The Bertz CT molecular complexity index is 658. The molecule has 0 spiro atoms.